The third-order valence-corrected chi connectivity index (χ3v) is 1.42. The Balaban J connectivity index is 2.66. The second kappa shape index (κ2) is 4.33. The predicted molar refractivity (Wildman–Crippen MR) is 46.6 cm³/mol. The number of nitro groups is 1. The Morgan fingerprint density at radius 1 is 1.79 bits per heavy atom. The zero-order valence-corrected chi connectivity index (χ0v) is 7.19. The number of nitrogens with zero attached hydrogens (tertiary/aromatic N) is 2. The number of carbonyl (C=O) groups excluding carboxylic acids is 1. The molecule has 1 aromatic rings. The van der Waals surface area contributed by atoms with E-state index < -0.39 is 10.8 Å². The van der Waals surface area contributed by atoms with Crippen LogP contribution in [0.4, 0.5) is 5.82 Å². The third-order valence-electron chi connectivity index (χ3n) is 1.42. The molecule has 14 heavy (non-hydrogen) atoms. The average molecular weight is 199 g/mol. The van der Waals surface area contributed by atoms with Gasteiger partial charge in [0.15, 0.2) is 5.69 Å². The highest BCUT2D eigenvalue weighted by molar-refractivity contribution is 5.92. The van der Waals surface area contributed by atoms with Crippen LogP contribution in [-0.2, 0) is 0 Å². The molecule has 0 spiro atoms. The molecule has 0 aliphatic carbocycles. The molecule has 0 unspecified atom stereocenters. The van der Waals surface area contributed by atoms with Gasteiger partial charge in [-0.1, -0.05) is 5.10 Å². The third kappa shape index (κ3) is 2.26. The minimum absolute atomic E-state index is 0.0230. The number of H-pyrrole nitrogens is 1. The number of hydrogen-bond acceptors (Lipinski definition) is 5. The van der Waals surface area contributed by atoms with Gasteiger partial charge in [0.05, 0.1) is 6.07 Å². The fraction of sp³-hybridized carbons (Fsp3) is 0.333. The molecule has 1 rings (SSSR count). The van der Waals surface area contributed by atoms with Crippen molar-refractivity contribution in [2.75, 3.05) is 13.1 Å². The smallest absolute Gasteiger partial charge is 0.343 e. The van der Waals surface area contributed by atoms with Crippen molar-refractivity contribution in [3.63, 3.8) is 0 Å². The molecule has 4 N–H and O–H groups in total. The first-order valence-corrected chi connectivity index (χ1v) is 3.83. The molecule has 8 heteroatoms. The number of amides is 1. The van der Waals surface area contributed by atoms with E-state index in [4.69, 9.17) is 5.73 Å². The quantitative estimate of drug-likeness (QED) is 0.423. The van der Waals surface area contributed by atoms with E-state index in [9.17, 15) is 14.9 Å². The summed E-state index contributed by atoms with van der Waals surface area (Å²) in [5.74, 6) is -0.803. The minimum atomic E-state index is -0.660. The SMILES string of the molecule is NCCNC(=O)c1cc([N+](=O)[O-])[nH]n1. The van der Waals surface area contributed by atoms with E-state index in [1.165, 1.54) is 0 Å². The van der Waals surface area contributed by atoms with E-state index in [1.54, 1.807) is 0 Å². The molecule has 0 aromatic carbocycles. The topological polar surface area (TPSA) is 127 Å². The summed E-state index contributed by atoms with van der Waals surface area (Å²) in [6, 6.07) is 1.06. The molecule has 1 heterocycles. The van der Waals surface area contributed by atoms with Gasteiger partial charge in [0, 0.05) is 13.1 Å². The molecular weight excluding hydrogens is 190 g/mol. The van der Waals surface area contributed by atoms with Crippen LogP contribution < -0.4 is 11.1 Å². The fourth-order valence-electron chi connectivity index (χ4n) is 0.798. The molecule has 0 radical (unpaired) electrons. The molecule has 8 nitrogen and oxygen atoms in total. The Kier molecular flexibility index (Phi) is 3.13. The molecule has 0 bridgehead atoms. The highest BCUT2D eigenvalue weighted by Crippen LogP contribution is 2.07. The van der Waals surface area contributed by atoms with E-state index in [-0.39, 0.29) is 11.5 Å². The predicted octanol–water partition coefficient (Wildman–Crippen LogP) is -0.994. The van der Waals surface area contributed by atoms with Crippen molar-refractivity contribution in [2.45, 2.75) is 0 Å². The number of nitrogens with one attached hydrogen (secondary N) is 2. The zero-order valence-electron chi connectivity index (χ0n) is 7.19. The van der Waals surface area contributed by atoms with Crippen LogP contribution in [0.1, 0.15) is 10.5 Å². The summed E-state index contributed by atoms with van der Waals surface area (Å²) in [5.41, 5.74) is 5.13. The van der Waals surface area contributed by atoms with E-state index in [0.29, 0.717) is 13.1 Å². The number of aromatic nitrogens is 2. The lowest BCUT2D eigenvalue weighted by Gasteiger charge is -1.97. The van der Waals surface area contributed by atoms with E-state index in [2.05, 4.69) is 15.5 Å². The Morgan fingerprint density at radius 2 is 2.50 bits per heavy atom. The highest BCUT2D eigenvalue weighted by Gasteiger charge is 2.15. The van der Waals surface area contributed by atoms with Gasteiger partial charge in [0.1, 0.15) is 0 Å². The summed E-state index contributed by atoms with van der Waals surface area (Å²) in [4.78, 5) is 20.7. The van der Waals surface area contributed by atoms with Crippen LogP contribution in [-0.4, -0.2) is 34.1 Å². The molecule has 76 valence electrons. The molecule has 1 aromatic heterocycles. The molecule has 0 aliphatic heterocycles. The van der Waals surface area contributed by atoms with Crippen molar-refractivity contribution in [3.05, 3.63) is 21.9 Å². The van der Waals surface area contributed by atoms with Crippen LogP contribution in [0.2, 0.25) is 0 Å². The summed E-state index contributed by atoms with van der Waals surface area (Å²) in [6.07, 6.45) is 0. The Hall–Kier alpha value is -1.96. The Morgan fingerprint density at radius 3 is 3.00 bits per heavy atom. The van der Waals surface area contributed by atoms with E-state index >= 15 is 0 Å². The number of rotatable bonds is 4. The maximum Gasteiger partial charge on any atom is 0.343 e. The fourth-order valence-corrected chi connectivity index (χ4v) is 0.798. The Labute approximate surface area is 78.6 Å². The van der Waals surface area contributed by atoms with Gasteiger partial charge in [-0.3, -0.25) is 4.79 Å². The normalized spacial score (nSPS) is 9.79. The number of nitrogens with two attached hydrogens (primary N) is 1. The number of aromatic amines is 1. The molecular formula is C6H9N5O3. The number of hydrogen-bond donors (Lipinski definition) is 3. The van der Waals surface area contributed by atoms with Crippen LogP contribution in [0.3, 0.4) is 0 Å². The lowest BCUT2D eigenvalue weighted by molar-refractivity contribution is -0.389. The second-order valence-corrected chi connectivity index (χ2v) is 2.44. The van der Waals surface area contributed by atoms with Crippen molar-refractivity contribution >= 4 is 11.7 Å². The van der Waals surface area contributed by atoms with Gasteiger partial charge in [-0.05, 0) is 4.92 Å². The molecule has 0 saturated heterocycles. The first-order valence-electron chi connectivity index (χ1n) is 3.83. The van der Waals surface area contributed by atoms with Gasteiger partial charge in [0.25, 0.3) is 5.91 Å². The van der Waals surface area contributed by atoms with Gasteiger partial charge in [-0.25, -0.2) is 0 Å². The average Bonchev–Trinajstić information content (AvgIpc) is 2.62. The number of carbonyl (C=O) groups is 1. The van der Waals surface area contributed by atoms with Gasteiger partial charge >= 0.3 is 5.82 Å². The van der Waals surface area contributed by atoms with Crippen molar-refractivity contribution in [2.24, 2.45) is 5.73 Å². The zero-order chi connectivity index (χ0) is 10.6. The highest BCUT2D eigenvalue weighted by atomic mass is 16.6. The van der Waals surface area contributed by atoms with Crippen LogP contribution in [0, 0.1) is 10.1 Å². The van der Waals surface area contributed by atoms with Crippen LogP contribution in [0.5, 0.6) is 0 Å². The summed E-state index contributed by atoms with van der Waals surface area (Å²) >= 11 is 0. The first-order chi connectivity index (χ1) is 6.65. The molecule has 0 saturated carbocycles. The Bertz CT molecular complexity index is 347. The van der Waals surface area contributed by atoms with Crippen LogP contribution in [0.15, 0.2) is 6.07 Å². The first kappa shape index (κ1) is 10.1. The summed E-state index contributed by atoms with van der Waals surface area (Å²) < 4.78 is 0. The molecule has 0 atom stereocenters. The minimum Gasteiger partial charge on any atom is -0.358 e. The standard InChI is InChI=1S/C6H9N5O3/c7-1-2-8-6(12)4-3-5(10-9-4)11(13)14/h3H,1-2,7H2,(H,8,12)(H,9,10). The molecule has 0 fully saturated rings. The monoisotopic (exact) mass is 199 g/mol. The van der Waals surface area contributed by atoms with Crippen molar-refractivity contribution < 1.29 is 9.72 Å². The van der Waals surface area contributed by atoms with Gasteiger partial charge in [-0.15, -0.1) is 5.10 Å². The van der Waals surface area contributed by atoms with Crippen LogP contribution >= 0.6 is 0 Å². The lowest BCUT2D eigenvalue weighted by atomic mass is 10.4. The van der Waals surface area contributed by atoms with Gasteiger partial charge < -0.3 is 21.2 Å². The summed E-state index contributed by atoms with van der Waals surface area (Å²) in [5, 5.41) is 18.3. The molecule has 0 aliphatic rings. The van der Waals surface area contributed by atoms with E-state index in [1.807, 2.05) is 0 Å². The molecule has 1 amide bonds. The van der Waals surface area contributed by atoms with E-state index in [0.717, 1.165) is 6.07 Å². The van der Waals surface area contributed by atoms with Crippen molar-refractivity contribution in [3.8, 4) is 0 Å². The van der Waals surface area contributed by atoms with Crippen LogP contribution in [0.25, 0.3) is 0 Å². The van der Waals surface area contributed by atoms with Gasteiger partial charge in [-0.2, -0.15) is 0 Å². The maximum absolute atomic E-state index is 11.2. The summed E-state index contributed by atoms with van der Waals surface area (Å²) in [6.45, 7) is 0.609. The van der Waals surface area contributed by atoms with Gasteiger partial charge in [0.2, 0.25) is 0 Å². The van der Waals surface area contributed by atoms with Crippen molar-refractivity contribution in [1.29, 1.82) is 0 Å². The second-order valence-electron chi connectivity index (χ2n) is 2.44. The lowest BCUT2D eigenvalue weighted by Crippen LogP contribution is -2.29. The largest absolute Gasteiger partial charge is 0.358 e. The maximum atomic E-state index is 11.2. The summed E-state index contributed by atoms with van der Waals surface area (Å²) in [7, 11) is 0. The van der Waals surface area contributed by atoms with Crippen molar-refractivity contribution in [1.82, 2.24) is 15.5 Å².